The third kappa shape index (κ3) is 4.08. The topological polar surface area (TPSA) is 80.5 Å². The largest absolute Gasteiger partial charge is 0.444 e. The minimum atomic E-state index is 0.0558. The number of nitrogens with one attached hydrogen (secondary N) is 1. The van der Waals surface area contributed by atoms with E-state index >= 15 is 0 Å². The second kappa shape index (κ2) is 8.53. The molecule has 1 saturated heterocycles. The number of aromatic nitrogens is 2. The monoisotopic (exact) mass is 406 g/mol. The van der Waals surface area contributed by atoms with Crippen LogP contribution in [0.25, 0.3) is 22.1 Å². The summed E-state index contributed by atoms with van der Waals surface area (Å²) in [6, 6.07) is 8.52. The highest BCUT2D eigenvalue weighted by Crippen LogP contribution is 2.30. The molecule has 30 heavy (non-hydrogen) atoms. The number of amides is 1. The zero-order chi connectivity index (χ0) is 20.3. The van der Waals surface area contributed by atoms with Crippen LogP contribution in [0.15, 0.2) is 47.5 Å². The van der Waals surface area contributed by atoms with Gasteiger partial charge in [0.1, 0.15) is 5.82 Å². The first-order valence-electron chi connectivity index (χ1n) is 10.7. The number of carbonyl (C=O) groups is 1. The smallest absolute Gasteiger partial charge is 0.228 e. The Balaban J connectivity index is 1.23. The average Bonchev–Trinajstić information content (AvgIpc) is 3.34. The lowest BCUT2D eigenvalue weighted by molar-refractivity contribution is -0.121. The number of rotatable bonds is 4. The Morgan fingerprint density at radius 1 is 1.03 bits per heavy atom. The lowest BCUT2D eigenvalue weighted by Gasteiger charge is -2.38. The van der Waals surface area contributed by atoms with Crippen LogP contribution in [-0.4, -0.2) is 53.1 Å². The van der Waals surface area contributed by atoms with Gasteiger partial charge < -0.3 is 14.5 Å². The number of ether oxygens (including phenoxy) is 1. The zero-order valence-corrected chi connectivity index (χ0v) is 16.9. The van der Waals surface area contributed by atoms with E-state index in [1.165, 1.54) is 6.39 Å². The van der Waals surface area contributed by atoms with E-state index in [-0.39, 0.29) is 11.8 Å². The van der Waals surface area contributed by atoms with Crippen LogP contribution in [0, 0.1) is 5.92 Å². The molecule has 2 aliphatic rings. The average molecular weight is 406 g/mol. The van der Waals surface area contributed by atoms with E-state index < -0.39 is 0 Å². The van der Waals surface area contributed by atoms with Crippen LogP contribution in [0.4, 0.5) is 5.82 Å². The maximum absolute atomic E-state index is 12.8. The highest BCUT2D eigenvalue weighted by Gasteiger charge is 2.30. The molecule has 5 rings (SSSR count). The normalized spacial score (nSPS) is 22.8. The van der Waals surface area contributed by atoms with Gasteiger partial charge in [0.15, 0.2) is 12.2 Å². The van der Waals surface area contributed by atoms with Crippen molar-refractivity contribution in [3.8, 4) is 11.3 Å². The molecule has 1 amide bonds. The van der Waals surface area contributed by atoms with Crippen molar-refractivity contribution in [2.24, 2.45) is 5.92 Å². The predicted molar refractivity (Wildman–Crippen MR) is 114 cm³/mol. The molecule has 3 aromatic rings. The molecular formula is C23H26N4O3. The number of hydrogen-bond donors (Lipinski definition) is 1. The number of hydrogen-bond acceptors (Lipinski definition) is 6. The summed E-state index contributed by atoms with van der Waals surface area (Å²) in [4.78, 5) is 23.8. The van der Waals surface area contributed by atoms with Gasteiger partial charge in [-0.3, -0.25) is 9.69 Å². The number of carbonyl (C=O) groups excluding carboxylic acids is 1. The molecule has 3 heterocycles. The van der Waals surface area contributed by atoms with Crippen LogP contribution < -0.4 is 5.32 Å². The molecule has 1 N–H and O–H groups in total. The fourth-order valence-electron chi connectivity index (χ4n) is 4.60. The third-order valence-corrected chi connectivity index (χ3v) is 6.32. The van der Waals surface area contributed by atoms with Gasteiger partial charge in [-0.05, 0) is 43.2 Å². The van der Waals surface area contributed by atoms with Crippen molar-refractivity contribution < 1.29 is 13.9 Å². The minimum absolute atomic E-state index is 0.0558. The van der Waals surface area contributed by atoms with E-state index in [9.17, 15) is 4.79 Å². The van der Waals surface area contributed by atoms with Gasteiger partial charge in [0.25, 0.3) is 0 Å². The Hall–Kier alpha value is -2.77. The van der Waals surface area contributed by atoms with Gasteiger partial charge in [0, 0.05) is 42.2 Å². The molecule has 1 aliphatic carbocycles. The lowest BCUT2D eigenvalue weighted by Crippen LogP contribution is -2.45. The molecule has 1 saturated carbocycles. The Morgan fingerprint density at radius 2 is 1.87 bits per heavy atom. The number of benzene rings is 1. The van der Waals surface area contributed by atoms with Crippen molar-refractivity contribution in [1.29, 1.82) is 0 Å². The standard InChI is InChI=1S/C23H26N4O3/c28-23(16-3-5-20(6-4-16)27-7-9-29-10-8-27)26-22-12-19-11-17(21-14-24-15-30-21)1-2-18(19)13-25-22/h1-2,11-16,20H,3-10H2,(H,25,26,28)/t16-,20+. The van der Waals surface area contributed by atoms with Gasteiger partial charge in [-0.1, -0.05) is 12.1 Å². The molecule has 0 radical (unpaired) electrons. The summed E-state index contributed by atoms with van der Waals surface area (Å²) >= 11 is 0. The minimum Gasteiger partial charge on any atom is -0.444 e. The number of pyridine rings is 1. The lowest BCUT2D eigenvalue weighted by atomic mass is 9.84. The Bertz CT molecular complexity index is 1010. The summed E-state index contributed by atoms with van der Waals surface area (Å²) in [5, 5.41) is 5.05. The van der Waals surface area contributed by atoms with E-state index in [1.54, 1.807) is 12.4 Å². The first-order valence-corrected chi connectivity index (χ1v) is 10.7. The number of nitrogens with zero attached hydrogens (tertiary/aromatic N) is 3. The summed E-state index contributed by atoms with van der Waals surface area (Å²) in [6.45, 7) is 3.68. The molecule has 7 heteroatoms. The van der Waals surface area contributed by atoms with Gasteiger partial charge in [0.2, 0.25) is 5.91 Å². The van der Waals surface area contributed by atoms with Crippen LogP contribution in [0.5, 0.6) is 0 Å². The molecule has 0 bridgehead atoms. The van der Waals surface area contributed by atoms with Crippen LogP contribution in [-0.2, 0) is 9.53 Å². The van der Waals surface area contributed by atoms with Gasteiger partial charge in [-0.25, -0.2) is 9.97 Å². The van der Waals surface area contributed by atoms with Gasteiger partial charge >= 0.3 is 0 Å². The van der Waals surface area contributed by atoms with E-state index in [1.807, 2.05) is 24.3 Å². The maximum Gasteiger partial charge on any atom is 0.228 e. The van der Waals surface area contributed by atoms with Crippen LogP contribution >= 0.6 is 0 Å². The van der Waals surface area contributed by atoms with Crippen molar-refractivity contribution in [2.75, 3.05) is 31.6 Å². The molecule has 0 atom stereocenters. The quantitative estimate of drug-likeness (QED) is 0.711. The van der Waals surface area contributed by atoms with E-state index in [2.05, 4.69) is 20.2 Å². The van der Waals surface area contributed by atoms with Crippen LogP contribution in [0.2, 0.25) is 0 Å². The Morgan fingerprint density at radius 3 is 2.63 bits per heavy atom. The Kier molecular flexibility index (Phi) is 5.46. The highest BCUT2D eigenvalue weighted by molar-refractivity contribution is 5.94. The molecule has 156 valence electrons. The van der Waals surface area contributed by atoms with Gasteiger partial charge in [-0.15, -0.1) is 0 Å². The van der Waals surface area contributed by atoms with E-state index in [0.29, 0.717) is 11.9 Å². The number of morpholine rings is 1. The summed E-state index contributed by atoms with van der Waals surface area (Å²) in [5.41, 5.74) is 0.949. The second-order valence-corrected chi connectivity index (χ2v) is 8.14. The molecule has 2 aromatic heterocycles. The summed E-state index contributed by atoms with van der Waals surface area (Å²) in [7, 11) is 0. The molecule has 1 aromatic carbocycles. The maximum atomic E-state index is 12.8. The molecule has 1 aliphatic heterocycles. The second-order valence-electron chi connectivity index (χ2n) is 8.14. The number of anilines is 1. The van der Waals surface area contributed by atoms with E-state index in [4.69, 9.17) is 9.15 Å². The van der Waals surface area contributed by atoms with Crippen molar-refractivity contribution >= 4 is 22.5 Å². The Labute approximate surface area is 175 Å². The van der Waals surface area contributed by atoms with Crippen molar-refractivity contribution in [2.45, 2.75) is 31.7 Å². The van der Waals surface area contributed by atoms with Crippen LogP contribution in [0.1, 0.15) is 25.7 Å². The summed E-state index contributed by atoms with van der Waals surface area (Å²) < 4.78 is 10.8. The third-order valence-electron chi connectivity index (χ3n) is 6.32. The number of oxazole rings is 1. The zero-order valence-electron chi connectivity index (χ0n) is 16.9. The van der Waals surface area contributed by atoms with Crippen molar-refractivity contribution in [1.82, 2.24) is 14.9 Å². The molecule has 2 fully saturated rings. The van der Waals surface area contributed by atoms with Crippen LogP contribution in [0.3, 0.4) is 0 Å². The van der Waals surface area contributed by atoms with Gasteiger partial charge in [-0.2, -0.15) is 0 Å². The molecule has 7 nitrogen and oxygen atoms in total. The fraction of sp³-hybridized carbons (Fsp3) is 0.435. The SMILES string of the molecule is O=C(Nc1cc2cc(-c3cnco3)ccc2cn1)[C@H]1CC[C@@H](N2CCOCC2)CC1. The number of fused-ring (bicyclic) bond motifs is 1. The van der Waals surface area contributed by atoms with E-state index in [0.717, 1.165) is 74.1 Å². The van der Waals surface area contributed by atoms with Gasteiger partial charge in [0.05, 0.1) is 19.4 Å². The van der Waals surface area contributed by atoms with Crippen molar-refractivity contribution in [3.05, 3.63) is 43.1 Å². The molecule has 0 spiro atoms. The highest BCUT2D eigenvalue weighted by atomic mass is 16.5. The fourth-order valence-corrected chi connectivity index (χ4v) is 4.60. The predicted octanol–water partition coefficient (Wildman–Crippen LogP) is 3.72. The summed E-state index contributed by atoms with van der Waals surface area (Å²) in [5.74, 6) is 1.45. The first kappa shape index (κ1) is 19.2. The first-order chi connectivity index (χ1) is 14.8. The summed E-state index contributed by atoms with van der Waals surface area (Å²) in [6.07, 6.45) is 8.91. The van der Waals surface area contributed by atoms with Crippen molar-refractivity contribution in [3.63, 3.8) is 0 Å². The molecule has 0 unspecified atom stereocenters. The molecular weight excluding hydrogens is 380 g/mol.